The van der Waals surface area contributed by atoms with Gasteiger partial charge < -0.3 is 15.4 Å². The normalized spacial score (nSPS) is 11.1. The first kappa shape index (κ1) is 19.9. The van der Waals surface area contributed by atoms with E-state index in [-0.39, 0.29) is 17.9 Å². The lowest BCUT2D eigenvalue weighted by atomic mass is 10.1. The summed E-state index contributed by atoms with van der Waals surface area (Å²) in [6.45, 7) is 5.93. The summed E-state index contributed by atoms with van der Waals surface area (Å²) >= 11 is 1.48. The zero-order valence-corrected chi connectivity index (χ0v) is 17.4. The SMILES string of the molecule is COc1ccccc1Nc1nc(-c2ccccc2)c(CC(=O)NC(C)(C)C)s1. The van der Waals surface area contributed by atoms with Gasteiger partial charge in [-0.05, 0) is 32.9 Å². The summed E-state index contributed by atoms with van der Waals surface area (Å²) in [6.07, 6.45) is 0.284. The van der Waals surface area contributed by atoms with Crippen LogP contribution in [-0.4, -0.2) is 23.5 Å². The van der Waals surface area contributed by atoms with Crippen molar-refractivity contribution in [1.29, 1.82) is 0 Å². The van der Waals surface area contributed by atoms with Crippen LogP contribution in [0.2, 0.25) is 0 Å². The maximum atomic E-state index is 12.5. The molecule has 0 fully saturated rings. The van der Waals surface area contributed by atoms with Crippen molar-refractivity contribution in [1.82, 2.24) is 10.3 Å². The van der Waals surface area contributed by atoms with Crippen LogP contribution in [0.15, 0.2) is 54.6 Å². The van der Waals surface area contributed by atoms with E-state index in [0.717, 1.165) is 32.7 Å². The first-order valence-corrected chi connectivity index (χ1v) is 9.93. The molecule has 0 radical (unpaired) electrons. The second kappa shape index (κ2) is 8.44. The van der Waals surface area contributed by atoms with Crippen LogP contribution in [0.1, 0.15) is 25.6 Å². The molecule has 3 rings (SSSR count). The maximum Gasteiger partial charge on any atom is 0.225 e. The van der Waals surface area contributed by atoms with Crippen molar-refractivity contribution in [3.05, 3.63) is 59.5 Å². The van der Waals surface area contributed by atoms with E-state index in [1.165, 1.54) is 11.3 Å². The zero-order chi connectivity index (χ0) is 20.1. The van der Waals surface area contributed by atoms with Gasteiger partial charge in [0.1, 0.15) is 5.75 Å². The van der Waals surface area contributed by atoms with Crippen LogP contribution in [0, 0.1) is 0 Å². The van der Waals surface area contributed by atoms with Crippen molar-refractivity contribution in [3.8, 4) is 17.0 Å². The van der Waals surface area contributed by atoms with Gasteiger partial charge in [-0.25, -0.2) is 4.98 Å². The first-order valence-electron chi connectivity index (χ1n) is 9.12. The predicted octanol–water partition coefficient (Wildman–Crippen LogP) is 5.02. The number of nitrogens with one attached hydrogen (secondary N) is 2. The standard InChI is InChI=1S/C22H25N3O2S/c1-22(2,3)25-19(26)14-18-20(15-10-6-5-7-11-15)24-21(28-18)23-16-12-8-9-13-17(16)27-4/h5-13H,14H2,1-4H3,(H,23,24)(H,25,26). The fourth-order valence-electron chi connectivity index (χ4n) is 2.82. The number of carbonyl (C=O) groups excluding carboxylic acids is 1. The molecule has 3 aromatic rings. The Balaban J connectivity index is 1.92. The number of thiazole rings is 1. The van der Waals surface area contributed by atoms with Crippen molar-refractivity contribution in [3.63, 3.8) is 0 Å². The quantitative estimate of drug-likeness (QED) is 0.615. The van der Waals surface area contributed by atoms with Gasteiger partial charge in [-0.1, -0.05) is 42.5 Å². The molecule has 0 saturated heterocycles. The highest BCUT2D eigenvalue weighted by Crippen LogP contribution is 2.35. The van der Waals surface area contributed by atoms with E-state index in [1.54, 1.807) is 7.11 Å². The lowest BCUT2D eigenvalue weighted by Gasteiger charge is -2.20. The third kappa shape index (κ3) is 5.10. The Kier molecular flexibility index (Phi) is 5.99. The summed E-state index contributed by atoms with van der Waals surface area (Å²) in [5, 5.41) is 7.07. The third-order valence-electron chi connectivity index (χ3n) is 3.93. The number of methoxy groups -OCH3 is 1. The topological polar surface area (TPSA) is 63.2 Å². The van der Waals surface area contributed by atoms with E-state index in [0.29, 0.717) is 0 Å². The van der Waals surface area contributed by atoms with Crippen LogP contribution in [0.5, 0.6) is 5.75 Å². The highest BCUT2D eigenvalue weighted by atomic mass is 32.1. The van der Waals surface area contributed by atoms with E-state index in [4.69, 9.17) is 9.72 Å². The van der Waals surface area contributed by atoms with Gasteiger partial charge in [0, 0.05) is 16.0 Å². The Morgan fingerprint density at radius 2 is 1.75 bits per heavy atom. The molecule has 0 aliphatic carbocycles. The summed E-state index contributed by atoms with van der Waals surface area (Å²) in [4.78, 5) is 18.2. The smallest absolute Gasteiger partial charge is 0.225 e. The molecule has 0 aliphatic rings. The molecule has 1 amide bonds. The van der Waals surface area contributed by atoms with Gasteiger partial charge in [-0.15, -0.1) is 11.3 Å². The summed E-state index contributed by atoms with van der Waals surface area (Å²) in [6, 6.07) is 17.6. The van der Waals surface area contributed by atoms with Crippen LogP contribution < -0.4 is 15.4 Å². The third-order valence-corrected chi connectivity index (χ3v) is 4.90. The number of hydrogen-bond acceptors (Lipinski definition) is 5. The van der Waals surface area contributed by atoms with Gasteiger partial charge in [0.15, 0.2) is 5.13 Å². The van der Waals surface area contributed by atoms with Gasteiger partial charge in [0.25, 0.3) is 0 Å². The molecule has 0 saturated carbocycles. The van der Waals surface area contributed by atoms with Crippen molar-refractivity contribution < 1.29 is 9.53 Å². The highest BCUT2D eigenvalue weighted by Gasteiger charge is 2.20. The molecule has 0 bridgehead atoms. The number of nitrogens with zero attached hydrogens (tertiary/aromatic N) is 1. The summed E-state index contributed by atoms with van der Waals surface area (Å²) in [5.41, 5.74) is 2.38. The average Bonchev–Trinajstić information content (AvgIpc) is 3.03. The monoisotopic (exact) mass is 395 g/mol. The van der Waals surface area contributed by atoms with E-state index < -0.39 is 0 Å². The molecule has 6 heteroatoms. The number of rotatable bonds is 6. The fourth-order valence-corrected chi connectivity index (χ4v) is 3.81. The molecule has 146 valence electrons. The van der Waals surface area contributed by atoms with E-state index in [9.17, 15) is 4.79 Å². The minimum Gasteiger partial charge on any atom is -0.495 e. The van der Waals surface area contributed by atoms with E-state index in [1.807, 2.05) is 75.4 Å². The minimum absolute atomic E-state index is 0.0165. The number of para-hydroxylation sites is 2. The van der Waals surface area contributed by atoms with E-state index >= 15 is 0 Å². The van der Waals surface area contributed by atoms with Crippen molar-refractivity contribution in [2.75, 3.05) is 12.4 Å². The molecule has 2 aromatic carbocycles. The van der Waals surface area contributed by atoms with Crippen LogP contribution >= 0.6 is 11.3 Å². The van der Waals surface area contributed by atoms with Crippen LogP contribution in [0.4, 0.5) is 10.8 Å². The second-order valence-corrected chi connectivity index (χ2v) is 8.54. The van der Waals surface area contributed by atoms with Crippen LogP contribution in [0.25, 0.3) is 11.3 Å². The minimum atomic E-state index is -0.271. The molecule has 1 heterocycles. The second-order valence-electron chi connectivity index (χ2n) is 7.46. The van der Waals surface area contributed by atoms with Gasteiger partial charge >= 0.3 is 0 Å². The number of amides is 1. The summed E-state index contributed by atoms with van der Waals surface area (Å²) in [7, 11) is 1.64. The molecule has 2 N–H and O–H groups in total. The number of carbonyl (C=O) groups is 1. The largest absolute Gasteiger partial charge is 0.495 e. The Morgan fingerprint density at radius 1 is 1.07 bits per heavy atom. The first-order chi connectivity index (χ1) is 13.4. The maximum absolute atomic E-state index is 12.5. The van der Waals surface area contributed by atoms with E-state index in [2.05, 4.69) is 10.6 Å². The summed E-state index contributed by atoms with van der Waals surface area (Å²) in [5.74, 6) is 0.725. The molecular formula is C22H25N3O2S. The number of benzene rings is 2. The fraction of sp³-hybridized carbons (Fsp3) is 0.273. The molecular weight excluding hydrogens is 370 g/mol. The van der Waals surface area contributed by atoms with Crippen LogP contribution in [-0.2, 0) is 11.2 Å². The Hall–Kier alpha value is -2.86. The van der Waals surface area contributed by atoms with Crippen molar-refractivity contribution in [2.45, 2.75) is 32.7 Å². The molecule has 28 heavy (non-hydrogen) atoms. The van der Waals surface area contributed by atoms with Gasteiger partial charge in [0.2, 0.25) is 5.91 Å². The number of aromatic nitrogens is 1. The van der Waals surface area contributed by atoms with Gasteiger partial charge in [-0.3, -0.25) is 4.79 Å². The van der Waals surface area contributed by atoms with Gasteiger partial charge in [0.05, 0.1) is 24.9 Å². The average molecular weight is 396 g/mol. The lowest BCUT2D eigenvalue weighted by Crippen LogP contribution is -2.41. The van der Waals surface area contributed by atoms with Crippen molar-refractivity contribution >= 4 is 28.1 Å². The summed E-state index contributed by atoms with van der Waals surface area (Å²) < 4.78 is 5.41. The molecule has 5 nitrogen and oxygen atoms in total. The molecule has 1 aromatic heterocycles. The van der Waals surface area contributed by atoms with Gasteiger partial charge in [-0.2, -0.15) is 0 Å². The lowest BCUT2D eigenvalue weighted by molar-refractivity contribution is -0.121. The molecule has 0 spiro atoms. The number of anilines is 2. The predicted molar refractivity (Wildman–Crippen MR) is 115 cm³/mol. The Morgan fingerprint density at radius 3 is 2.43 bits per heavy atom. The zero-order valence-electron chi connectivity index (χ0n) is 16.6. The van der Waals surface area contributed by atoms with Crippen LogP contribution in [0.3, 0.4) is 0 Å². The highest BCUT2D eigenvalue weighted by molar-refractivity contribution is 7.16. The number of ether oxygens (including phenoxy) is 1. The Bertz CT molecular complexity index is 946. The number of hydrogen-bond donors (Lipinski definition) is 2. The van der Waals surface area contributed by atoms with Crippen molar-refractivity contribution in [2.24, 2.45) is 0 Å². The molecule has 0 atom stereocenters. The molecule has 0 unspecified atom stereocenters. The Labute approximate surface area is 169 Å². The molecule has 0 aliphatic heterocycles.